The summed E-state index contributed by atoms with van der Waals surface area (Å²) in [5.74, 6) is 2.14. The number of ether oxygens (including phenoxy) is 1. The van der Waals surface area contributed by atoms with Crippen LogP contribution in [0, 0.1) is 0 Å². The van der Waals surface area contributed by atoms with Crippen molar-refractivity contribution >= 4 is 0 Å². The third-order valence-corrected chi connectivity index (χ3v) is 5.50. The highest BCUT2D eigenvalue weighted by atomic mass is 16.5. The summed E-state index contributed by atoms with van der Waals surface area (Å²) in [5.41, 5.74) is 0.149. The molecule has 0 amide bonds. The van der Waals surface area contributed by atoms with Crippen LogP contribution in [0.25, 0.3) is 0 Å². The molecule has 2 aromatic heterocycles. The molecular formula is C18H27N5O. The van der Waals surface area contributed by atoms with Crippen molar-refractivity contribution in [2.24, 2.45) is 0 Å². The molecule has 0 unspecified atom stereocenters. The van der Waals surface area contributed by atoms with E-state index in [1.807, 2.05) is 18.7 Å². The lowest BCUT2D eigenvalue weighted by Gasteiger charge is -2.25. The minimum Gasteiger partial charge on any atom is -0.384 e. The zero-order valence-electron chi connectivity index (χ0n) is 14.5. The second kappa shape index (κ2) is 6.67. The summed E-state index contributed by atoms with van der Waals surface area (Å²) in [4.78, 5) is 9.17. The normalized spacial score (nSPS) is 20.4. The van der Waals surface area contributed by atoms with Gasteiger partial charge in [-0.1, -0.05) is 19.3 Å². The molecule has 0 bridgehead atoms. The molecule has 0 N–H and O–H groups in total. The van der Waals surface area contributed by atoms with E-state index in [0.717, 1.165) is 18.8 Å². The van der Waals surface area contributed by atoms with Crippen LogP contribution in [-0.4, -0.2) is 38.0 Å². The van der Waals surface area contributed by atoms with Gasteiger partial charge in [0.1, 0.15) is 5.82 Å². The molecule has 24 heavy (non-hydrogen) atoms. The Morgan fingerprint density at radius 1 is 1.25 bits per heavy atom. The fraction of sp³-hybridized carbons (Fsp3) is 0.722. The molecule has 6 heteroatoms. The summed E-state index contributed by atoms with van der Waals surface area (Å²) in [6.07, 6.45) is 15.5. The molecule has 0 aromatic carbocycles. The van der Waals surface area contributed by atoms with Crippen molar-refractivity contribution in [2.75, 3.05) is 13.7 Å². The predicted octanol–water partition coefficient (Wildman–Crippen LogP) is 2.90. The molecule has 0 aliphatic heterocycles. The van der Waals surface area contributed by atoms with Gasteiger partial charge in [-0.05, 0) is 25.7 Å². The van der Waals surface area contributed by atoms with Crippen molar-refractivity contribution in [3.8, 4) is 0 Å². The van der Waals surface area contributed by atoms with Crippen LogP contribution < -0.4 is 0 Å². The molecule has 0 spiro atoms. The fourth-order valence-corrected chi connectivity index (χ4v) is 3.94. The van der Waals surface area contributed by atoms with E-state index in [9.17, 15) is 0 Å². The molecule has 2 heterocycles. The number of hydrogen-bond acceptors (Lipinski definition) is 4. The number of methoxy groups -OCH3 is 1. The molecule has 2 aliphatic carbocycles. The third kappa shape index (κ3) is 3.11. The molecular weight excluding hydrogens is 302 g/mol. The summed E-state index contributed by atoms with van der Waals surface area (Å²) in [6, 6.07) is 0.526. The maximum absolute atomic E-state index is 5.23. The first-order chi connectivity index (χ1) is 11.8. The Morgan fingerprint density at radius 2 is 2.08 bits per heavy atom. The van der Waals surface area contributed by atoms with Gasteiger partial charge in [0.2, 0.25) is 0 Å². The van der Waals surface area contributed by atoms with Crippen molar-refractivity contribution in [1.82, 2.24) is 24.3 Å². The minimum atomic E-state index is 0.149. The van der Waals surface area contributed by atoms with E-state index in [1.165, 1.54) is 50.8 Å². The van der Waals surface area contributed by atoms with Crippen molar-refractivity contribution < 1.29 is 4.74 Å². The Hall–Kier alpha value is -1.69. The van der Waals surface area contributed by atoms with Gasteiger partial charge in [0.15, 0.2) is 5.82 Å². The average Bonchev–Trinajstić information content (AvgIpc) is 3.02. The number of aromatic nitrogens is 5. The smallest absolute Gasteiger partial charge is 0.153 e. The van der Waals surface area contributed by atoms with E-state index in [0.29, 0.717) is 12.6 Å². The molecule has 0 radical (unpaired) electrons. The van der Waals surface area contributed by atoms with Crippen LogP contribution in [0.2, 0.25) is 0 Å². The Morgan fingerprint density at radius 3 is 2.75 bits per heavy atom. The summed E-state index contributed by atoms with van der Waals surface area (Å²) >= 11 is 0. The Kier molecular flexibility index (Phi) is 4.39. The van der Waals surface area contributed by atoms with Gasteiger partial charge in [-0.3, -0.25) is 0 Å². The van der Waals surface area contributed by atoms with E-state index < -0.39 is 0 Å². The van der Waals surface area contributed by atoms with Gasteiger partial charge in [0, 0.05) is 37.9 Å². The van der Waals surface area contributed by atoms with Crippen LogP contribution in [0.1, 0.15) is 62.6 Å². The van der Waals surface area contributed by atoms with Gasteiger partial charge in [-0.25, -0.2) is 14.6 Å². The van der Waals surface area contributed by atoms with Gasteiger partial charge < -0.3 is 9.30 Å². The van der Waals surface area contributed by atoms with Gasteiger partial charge in [0.05, 0.1) is 19.0 Å². The van der Waals surface area contributed by atoms with E-state index in [-0.39, 0.29) is 5.41 Å². The van der Waals surface area contributed by atoms with E-state index >= 15 is 0 Å². The topological polar surface area (TPSA) is 57.8 Å². The molecule has 130 valence electrons. The van der Waals surface area contributed by atoms with E-state index in [2.05, 4.69) is 14.2 Å². The second-order valence-corrected chi connectivity index (χ2v) is 7.35. The lowest BCUT2D eigenvalue weighted by Crippen LogP contribution is -2.25. The number of imidazole rings is 1. The van der Waals surface area contributed by atoms with Crippen molar-refractivity contribution in [1.29, 1.82) is 0 Å². The van der Waals surface area contributed by atoms with Crippen molar-refractivity contribution in [3.63, 3.8) is 0 Å². The molecule has 2 fully saturated rings. The maximum Gasteiger partial charge on any atom is 0.153 e. The molecule has 2 aromatic rings. The third-order valence-electron chi connectivity index (χ3n) is 5.50. The summed E-state index contributed by atoms with van der Waals surface area (Å²) < 4.78 is 9.69. The van der Waals surface area contributed by atoms with Crippen LogP contribution >= 0.6 is 0 Å². The highest BCUT2D eigenvalue weighted by molar-refractivity contribution is 5.20. The number of nitrogens with zero attached hydrogens (tertiary/aromatic N) is 5. The fourth-order valence-electron chi connectivity index (χ4n) is 3.94. The molecule has 0 saturated heterocycles. The standard InChI is InChI=1S/C18H27N5O/c1-24-12-7-16-20-17(23(21-16)15-5-3-2-4-6-15)18(8-9-18)13-22-11-10-19-14-22/h10-11,14-15H,2-9,12-13H2,1H3. The summed E-state index contributed by atoms with van der Waals surface area (Å²) in [5, 5.41) is 4.91. The van der Waals surface area contributed by atoms with Crippen LogP contribution in [0.3, 0.4) is 0 Å². The average molecular weight is 329 g/mol. The monoisotopic (exact) mass is 329 g/mol. The largest absolute Gasteiger partial charge is 0.384 e. The molecule has 2 saturated carbocycles. The van der Waals surface area contributed by atoms with Crippen molar-refractivity contribution in [3.05, 3.63) is 30.4 Å². The van der Waals surface area contributed by atoms with Gasteiger partial charge in [0.25, 0.3) is 0 Å². The van der Waals surface area contributed by atoms with Crippen LogP contribution in [-0.2, 0) is 23.1 Å². The predicted molar refractivity (Wildman–Crippen MR) is 90.9 cm³/mol. The van der Waals surface area contributed by atoms with Crippen LogP contribution in [0.5, 0.6) is 0 Å². The Bertz CT molecular complexity index is 653. The van der Waals surface area contributed by atoms with Gasteiger partial charge in [-0.2, -0.15) is 5.10 Å². The summed E-state index contributed by atoms with van der Waals surface area (Å²) in [7, 11) is 1.74. The first-order valence-electron chi connectivity index (χ1n) is 9.21. The second-order valence-electron chi connectivity index (χ2n) is 7.35. The van der Waals surface area contributed by atoms with Crippen molar-refractivity contribution in [2.45, 2.75) is 69.4 Å². The Balaban J connectivity index is 1.63. The molecule has 6 nitrogen and oxygen atoms in total. The molecule has 0 atom stereocenters. The first kappa shape index (κ1) is 15.8. The Labute approximate surface area is 143 Å². The first-order valence-corrected chi connectivity index (χ1v) is 9.21. The molecule has 4 rings (SSSR count). The van der Waals surface area contributed by atoms with Gasteiger partial charge in [-0.15, -0.1) is 0 Å². The van der Waals surface area contributed by atoms with E-state index in [4.69, 9.17) is 14.8 Å². The number of rotatable bonds is 7. The van der Waals surface area contributed by atoms with Gasteiger partial charge >= 0.3 is 0 Å². The maximum atomic E-state index is 5.23. The van der Waals surface area contributed by atoms with Crippen LogP contribution in [0.4, 0.5) is 0 Å². The van der Waals surface area contributed by atoms with E-state index in [1.54, 1.807) is 7.11 Å². The lowest BCUT2D eigenvalue weighted by molar-refractivity contribution is 0.200. The van der Waals surface area contributed by atoms with Crippen LogP contribution in [0.15, 0.2) is 18.7 Å². The SMILES string of the molecule is COCCc1nc(C2(Cn3ccnc3)CC2)n(C2CCCCC2)n1. The minimum absolute atomic E-state index is 0.149. The highest BCUT2D eigenvalue weighted by Gasteiger charge is 2.49. The quantitative estimate of drug-likeness (QED) is 0.784. The zero-order valence-corrected chi connectivity index (χ0v) is 14.5. The molecule has 2 aliphatic rings. The zero-order chi connectivity index (χ0) is 16.4. The highest BCUT2D eigenvalue weighted by Crippen LogP contribution is 2.50. The summed E-state index contributed by atoms with van der Waals surface area (Å²) in [6.45, 7) is 1.64. The number of hydrogen-bond donors (Lipinski definition) is 0. The lowest BCUT2D eigenvalue weighted by atomic mass is 9.95.